The van der Waals surface area contributed by atoms with Gasteiger partial charge in [0, 0.05) is 53.2 Å². The molecule has 30 heavy (non-hydrogen) atoms. The van der Waals surface area contributed by atoms with Crippen LogP contribution in [0.5, 0.6) is 5.75 Å². The fourth-order valence-corrected chi connectivity index (χ4v) is 2.74. The predicted molar refractivity (Wildman–Crippen MR) is 118 cm³/mol. The number of amides is 1. The van der Waals surface area contributed by atoms with Crippen LogP contribution in [-0.2, 0) is 0 Å². The number of hydrogen-bond acceptors (Lipinski definition) is 6. The van der Waals surface area contributed by atoms with Crippen LogP contribution in [0.2, 0.25) is 0 Å². The average molecular weight is 397 g/mol. The van der Waals surface area contributed by atoms with Gasteiger partial charge in [0.25, 0.3) is 0 Å². The lowest BCUT2D eigenvalue weighted by Crippen LogP contribution is -2.16. The maximum absolute atomic E-state index is 12.2. The summed E-state index contributed by atoms with van der Waals surface area (Å²) in [7, 11) is 0. The topological polar surface area (TPSA) is 88.2 Å². The molecule has 4 aromatic rings. The first-order valence-electron chi connectivity index (χ1n) is 9.28. The molecule has 0 bridgehead atoms. The summed E-state index contributed by atoms with van der Waals surface area (Å²) in [5.74, 6) is 0.443. The van der Waals surface area contributed by atoms with E-state index in [1.54, 1.807) is 43.0 Å². The third-order valence-corrected chi connectivity index (χ3v) is 4.11. The summed E-state index contributed by atoms with van der Waals surface area (Å²) in [6.45, 7) is 0. The van der Waals surface area contributed by atoms with Crippen molar-refractivity contribution < 1.29 is 9.53 Å². The maximum atomic E-state index is 12.2. The molecule has 148 valence electrons. The van der Waals surface area contributed by atoms with Gasteiger partial charge < -0.3 is 15.4 Å². The zero-order valence-electron chi connectivity index (χ0n) is 15.9. The Labute approximate surface area is 173 Å². The minimum Gasteiger partial charge on any atom is -0.410 e. The van der Waals surface area contributed by atoms with Gasteiger partial charge in [0.2, 0.25) is 0 Å². The first kappa shape index (κ1) is 18.9. The van der Waals surface area contributed by atoms with Crippen LogP contribution in [0.4, 0.5) is 33.2 Å². The number of benzene rings is 2. The quantitative estimate of drug-likeness (QED) is 0.394. The van der Waals surface area contributed by atoms with Crippen LogP contribution in [0, 0.1) is 0 Å². The fraction of sp³-hybridized carbons (Fsp3) is 0. The maximum Gasteiger partial charge on any atom is 0.417 e. The van der Waals surface area contributed by atoms with Gasteiger partial charge in [0.1, 0.15) is 5.75 Å². The molecule has 3 N–H and O–H groups in total. The van der Waals surface area contributed by atoms with Crippen molar-refractivity contribution in [3.8, 4) is 5.75 Å². The van der Waals surface area contributed by atoms with E-state index in [0.717, 1.165) is 22.7 Å². The van der Waals surface area contributed by atoms with E-state index >= 15 is 0 Å². The van der Waals surface area contributed by atoms with E-state index in [4.69, 9.17) is 4.74 Å². The SMILES string of the molecule is O=C(Nc1cccc(Nc2ccncc2)c1)Oc1ccc(Nc2ccncc2)cc1. The van der Waals surface area contributed by atoms with Gasteiger partial charge in [-0.25, -0.2) is 4.79 Å². The van der Waals surface area contributed by atoms with Crippen LogP contribution < -0.4 is 20.7 Å². The molecule has 0 radical (unpaired) electrons. The summed E-state index contributed by atoms with van der Waals surface area (Å²) in [6, 6.07) is 22.0. The summed E-state index contributed by atoms with van der Waals surface area (Å²) in [5, 5.41) is 9.23. The smallest absolute Gasteiger partial charge is 0.410 e. The fourth-order valence-electron chi connectivity index (χ4n) is 2.74. The Morgan fingerprint density at radius 2 is 1.17 bits per heavy atom. The number of carbonyl (C=O) groups excluding carboxylic acids is 1. The second-order valence-corrected chi connectivity index (χ2v) is 6.34. The van der Waals surface area contributed by atoms with Gasteiger partial charge >= 0.3 is 6.09 Å². The molecule has 0 fully saturated rings. The summed E-state index contributed by atoms with van der Waals surface area (Å²) in [4.78, 5) is 20.2. The Hall–Kier alpha value is -4.39. The van der Waals surface area contributed by atoms with Crippen LogP contribution in [-0.4, -0.2) is 16.1 Å². The van der Waals surface area contributed by atoms with Crippen LogP contribution in [0.1, 0.15) is 0 Å². The third-order valence-electron chi connectivity index (χ3n) is 4.11. The molecule has 7 heteroatoms. The summed E-state index contributed by atoms with van der Waals surface area (Å²) in [5.41, 5.74) is 4.17. The van der Waals surface area contributed by atoms with Gasteiger partial charge in [-0.15, -0.1) is 0 Å². The van der Waals surface area contributed by atoms with Gasteiger partial charge in [0.05, 0.1) is 0 Å². The number of carbonyl (C=O) groups is 1. The number of anilines is 5. The normalized spacial score (nSPS) is 10.1. The van der Waals surface area contributed by atoms with Gasteiger partial charge in [-0.2, -0.15) is 0 Å². The van der Waals surface area contributed by atoms with E-state index in [2.05, 4.69) is 25.9 Å². The molecule has 2 heterocycles. The van der Waals surface area contributed by atoms with Crippen LogP contribution >= 0.6 is 0 Å². The van der Waals surface area contributed by atoms with Crippen molar-refractivity contribution in [2.75, 3.05) is 16.0 Å². The minimum absolute atomic E-state index is 0.443. The number of nitrogens with zero attached hydrogens (tertiary/aromatic N) is 2. The van der Waals surface area contributed by atoms with Crippen molar-refractivity contribution in [3.63, 3.8) is 0 Å². The number of ether oxygens (including phenoxy) is 1. The van der Waals surface area contributed by atoms with E-state index < -0.39 is 6.09 Å². The zero-order valence-corrected chi connectivity index (χ0v) is 15.9. The highest BCUT2D eigenvalue weighted by Crippen LogP contribution is 2.22. The van der Waals surface area contributed by atoms with Crippen LogP contribution in [0.15, 0.2) is 97.6 Å². The summed E-state index contributed by atoms with van der Waals surface area (Å²) >= 11 is 0. The standard InChI is InChI=1S/C23H19N5O2/c29-23(28-21-3-1-2-20(16-21)27-19-10-14-25-15-11-19)30-22-6-4-17(5-7-22)26-18-8-12-24-13-9-18/h1-16H,(H,24,26)(H,25,27)(H,28,29). The first-order valence-corrected chi connectivity index (χ1v) is 9.28. The first-order chi connectivity index (χ1) is 14.7. The van der Waals surface area contributed by atoms with Crippen molar-refractivity contribution in [2.24, 2.45) is 0 Å². The number of rotatable bonds is 6. The highest BCUT2D eigenvalue weighted by atomic mass is 16.6. The zero-order chi connectivity index (χ0) is 20.6. The highest BCUT2D eigenvalue weighted by molar-refractivity contribution is 5.87. The minimum atomic E-state index is -0.564. The lowest BCUT2D eigenvalue weighted by atomic mass is 10.2. The Kier molecular flexibility index (Phi) is 5.81. The molecular weight excluding hydrogens is 378 g/mol. The van der Waals surface area contributed by atoms with E-state index in [1.807, 2.05) is 54.6 Å². The Morgan fingerprint density at radius 3 is 1.80 bits per heavy atom. The van der Waals surface area contributed by atoms with Gasteiger partial charge in [-0.1, -0.05) is 6.07 Å². The van der Waals surface area contributed by atoms with Crippen molar-refractivity contribution in [1.29, 1.82) is 0 Å². The number of pyridine rings is 2. The molecule has 0 aliphatic rings. The molecule has 4 rings (SSSR count). The van der Waals surface area contributed by atoms with E-state index in [9.17, 15) is 4.79 Å². The number of nitrogens with one attached hydrogen (secondary N) is 3. The molecule has 0 saturated heterocycles. The molecule has 0 unspecified atom stereocenters. The Morgan fingerprint density at radius 1 is 0.633 bits per heavy atom. The van der Waals surface area contributed by atoms with Crippen LogP contribution in [0.25, 0.3) is 0 Å². The van der Waals surface area contributed by atoms with E-state index in [1.165, 1.54) is 0 Å². The molecule has 0 atom stereocenters. The van der Waals surface area contributed by atoms with Gasteiger partial charge in [0.15, 0.2) is 0 Å². The molecule has 2 aromatic heterocycles. The summed E-state index contributed by atoms with van der Waals surface area (Å²) in [6.07, 6.45) is 6.28. The van der Waals surface area contributed by atoms with Crippen molar-refractivity contribution >= 4 is 34.5 Å². The number of hydrogen-bond donors (Lipinski definition) is 3. The summed E-state index contributed by atoms with van der Waals surface area (Å²) < 4.78 is 5.37. The molecule has 2 aromatic carbocycles. The van der Waals surface area contributed by atoms with E-state index in [0.29, 0.717) is 11.4 Å². The second kappa shape index (κ2) is 9.20. The average Bonchev–Trinajstić information content (AvgIpc) is 2.77. The monoisotopic (exact) mass is 397 g/mol. The molecule has 0 spiro atoms. The van der Waals surface area contributed by atoms with Crippen molar-refractivity contribution in [3.05, 3.63) is 97.6 Å². The number of aromatic nitrogens is 2. The molecule has 0 saturated carbocycles. The van der Waals surface area contributed by atoms with Gasteiger partial charge in [-0.05, 0) is 66.7 Å². The lowest BCUT2D eigenvalue weighted by Gasteiger charge is -2.10. The molecular formula is C23H19N5O2. The highest BCUT2D eigenvalue weighted by Gasteiger charge is 2.06. The van der Waals surface area contributed by atoms with Crippen molar-refractivity contribution in [2.45, 2.75) is 0 Å². The van der Waals surface area contributed by atoms with Crippen molar-refractivity contribution in [1.82, 2.24) is 9.97 Å². The van der Waals surface area contributed by atoms with E-state index in [-0.39, 0.29) is 0 Å². The second-order valence-electron chi connectivity index (χ2n) is 6.34. The Bertz CT molecular complexity index is 1100. The lowest BCUT2D eigenvalue weighted by molar-refractivity contribution is 0.215. The Balaban J connectivity index is 1.34. The molecule has 0 aliphatic carbocycles. The molecule has 7 nitrogen and oxygen atoms in total. The molecule has 0 aliphatic heterocycles. The predicted octanol–water partition coefficient (Wildman–Crippen LogP) is 5.57. The van der Waals surface area contributed by atoms with Gasteiger partial charge in [-0.3, -0.25) is 15.3 Å². The largest absolute Gasteiger partial charge is 0.417 e. The van der Waals surface area contributed by atoms with Crippen LogP contribution in [0.3, 0.4) is 0 Å². The third kappa shape index (κ3) is 5.32. The molecule has 1 amide bonds.